The largest absolute Gasteiger partial charge is 0.462 e. The van der Waals surface area contributed by atoms with Crippen molar-refractivity contribution in [3.8, 4) is 0 Å². The lowest BCUT2D eigenvalue weighted by Gasteiger charge is -2.07. The fraction of sp³-hybridized carbons (Fsp3) is 0.667. The standard InChI is InChI=1S/C36H54O4S2/c1-5-9-13-15-17-19-21-27-29-25-32-30(26-31(29)41-33(27)35(37)39-23-11-7-3)28(22-20-18-16-14-10-6-2)34(42-32)36(38)40-24-12-8-4/h25-26H,5-24H2,1-4H3. The van der Waals surface area contributed by atoms with Crippen LogP contribution in [0.2, 0.25) is 0 Å². The number of thiophene rings is 2. The highest BCUT2D eigenvalue weighted by atomic mass is 32.1. The molecule has 234 valence electrons. The van der Waals surface area contributed by atoms with Gasteiger partial charge in [0, 0.05) is 9.40 Å². The summed E-state index contributed by atoms with van der Waals surface area (Å²) in [6.07, 6.45) is 20.2. The molecule has 0 atom stereocenters. The van der Waals surface area contributed by atoms with Gasteiger partial charge in [-0.15, -0.1) is 22.7 Å². The first-order valence-electron chi connectivity index (χ1n) is 16.9. The number of rotatable bonds is 22. The van der Waals surface area contributed by atoms with Gasteiger partial charge in [0.25, 0.3) is 0 Å². The van der Waals surface area contributed by atoms with E-state index in [1.807, 2.05) is 0 Å². The predicted octanol–water partition coefficient (Wildman–Crippen LogP) is 11.8. The van der Waals surface area contributed by atoms with Crippen molar-refractivity contribution in [1.82, 2.24) is 0 Å². The first-order chi connectivity index (χ1) is 20.5. The van der Waals surface area contributed by atoms with Gasteiger partial charge in [-0.25, -0.2) is 9.59 Å². The third kappa shape index (κ3) is 10.1. The molecule has 0 bridgehead atoms. The van der Waals surface area contributed by atoms with Crippen molar-refractivity contribution in [3.05, 3.63) is 33.0 Å². The molecule has 0 saturated carbocycles. The van der Waals surface area contributed by atoms with Crippen LogP contribution in [0, 0.1) is 0 Å². The minimum absolute atomic E-state index is 0.179. The molecule has 0 amide bonds. The maximum absolute atomic E-state index is 13.2. The molecule has 2 heterocycles. The fourth-order valence-corrected chi connectivity index (χ4v) is 7.86. The Labute approximate surface area is 262 Å². The number of fused-ring (bicyclic) bond motifs is 2. The molecule has 2 aromatic heterocycles. The summed E-state index contributed by atoms with van der Waals surface area (Å²) in [5, 5.41) is 2.31. The van der Waals surface area contributed by atoms with Gasteiger partial charge in [0.05, 0.1) is 13.2 Å². The minimum Gasteiger partial charge on any atom is -0.462 e. The van der Waals surface area contributed by atoms with Crippen molar-refractivity contribution >= 4 is 54.8 Å². The topological polar surface area (TPSA) is 52.6 Å². The van der Waals surface area contributed by atoms with Crippen LogP contribution in [0.4, 0.5) is 0 Å². The zero-order chi connectivity index (χ0) is 30.2. The third-order valence-electron chi connectivity index (χ3n) is 8.10. The molecule has 0 aliphatic heterocycles. The monoisotopic (exact) mass is 614 g/mol. The van der Waals surface area contributed by atoms with Gasteiger partial charge >= 0.3 is 11.9 Å². The maximum Gasteiger partial charge on any atom is 0.348 e. The van der Waals surface area contributed by atoms with Crippen molar-refractivity contribution < 1.29 is 19.1 Å². The van der Waals surface area contributed by atoms with Gasteiger partial charge in [0.1, 0.15) is 9.75 Å². The van der Waals surface area contributed by atoms with Crippen LogP contribution in [0.3, 0.4) is 0 Å². The van der Waals surface area contributed by atoms with E-state index in [9.17, 15) is 9.59 Å². The molecule has 0 N–H and O–H groups in total. The van der Waals surface area contributed by atoms with Crippen LogP contribution >= 0.6 is 22.7 Å². The van der Waals surface area contributed by atoms with Gasteiger partial charge in [-0.2, -0.15) is 0 Å². The number of aryl methyl sites for hydroxylation is 2. The van der Waals surface area contributed by atoms with Crippen LogP contribution in [0.15, 0.2) is 12.1 Å². The van der Waals surface area contributed by atoms with Gasteiger partial charge in [0.2, 0.25) is 0 Å². The molecule has 0 fully saturated rings. The first kappa shape index (κ1) is 34.6. The van der Waals surface area contributed by atoms with E-state index in [0.29, 0.717) is 13.2 Å². The molecule has 3 aromatic rings. The molecule has 42 heavy (non-hydrogen) atoms. The second kappa shape index (κ2) is 19.4. The number of carbonyl (C=O) groups is 2. The molecule has 3 rings (SSSR count). The number of hydrogen-bond donors (Lipinski definition) is 0. The molecule has 4 nitrogen and oxygen atoms in total. The van der Waals surface area contributed by atoms with E-state index in [1.165, 1.54) is 64.2 Å². The lowest BCUT2D eigenvalue weighted by atomic mass is 9.99. The van der Waals surface area contributed by atoms with Crippen molar-refractivity contribution in [2.45, 2.75) is 143 Å². The molecule has 1 aromatic carbocycles. The SMILES string of the molecule is CCCCCCCCc1c(C(=O)OCCCC)sc2cc3c(CCCCCCCC)c(C(=O)OCCCC)sc3cc12. The third-order valence-corrected chi connectivity index (χ3v) is 10.4. The molecule has 0 aliphatic carbocycles. The minimum atomic E-state index is -0.179. The Hall–Kier alpha value is -1.92. The second-order valence-corrected chi connectivity index (χ2v) is 13.8. The van der Waals surface area contributed by atoms with E-state index in [2.05, 4.69) is 39.8 Å². The van der Waals surface area contributed by atoms with E-state index in [4.69, 9.17) is 9.47 Å². The number of hydrogen-bond acceptors (Lipinski definition) is 6. The Balaban J connectivity index is 1.95. The van der Waals surface area contributed by atoms with Crippen molar-refractivity contribution in [1.29, 1.82) is 0 Å². The van der Waals surface area contributed by atoms with Crippen molar-refractivity contribution in [2.24, 2.45) is 0 Å². The Bertz CT molecular complexity index is 1140. The summed E-state index contributed by atoms with van der Waals surface area (Å²) >= 11 is 3.14. The van der Waals surface area contributed by atoms with E-state index in [-0.39, 0.29) is 11.9 Å². The number of esters is 2. The van der Waals surface area contributed by atoms with Crippen LogP contribution in [-0.2, 0) is 22.3 Å². The van der Waals surface area contributed by atoms with E-state index < -0.39 is 0 Å². The Morgan fingerprint density at radius 3 is 1.26 bits per heavy atom. The van der Waals surface area contributed by atoms with Crippen LogP contribution in [0.1, 0.15) is 161 Å². The Morgan fingerprint density at radius 2 is 0.881 bits per heavy atom. The van der Waals surface area contributed by atoms with Crippen molar-refractivity contribution in [2.75, 3.05) is 13.2 Å². The lowest BCUT2D eigenvalue weighted by Crippen LogP contribution is -2.07. The molecular weight excluding hydrogens is 561 g/mol. The van der Waals surface area contributed by atoms with Gasteiger partial charge in [0.15, 0.2) is 0 Å². The highest BCUT2D eigenvalue weighted by Gasteiger charge is 2.24. The number of unbranched alkanes of at least 4 members (excludes halogenated alkanes) is 12. The predicted molar refractivity (Wildman–Crippen MR) is 182 cm³/mol. The normalized spacial score (nSPS) is 11.5. The van der Waals surface area contributed by atoms with Crippen LogP contribution < -0.4 is 0 Å². The molecule has 0 spiro atoms. The van der Waals surface area contributed by atoms with Crippen molar-refractivity contribution in [3.63, 3.8) is 0 Å². The summed E-state index contributed by atoms with van der Waals surface area (Å²) in [6.45, 7) is 9.66. The zero-order valence-corrected chi connectivity index (χ0v) is 28.4. The zero-order valence-electron chi connectivity index (χ0n) is 26.7. The van der Waals surface area contributed by atoms with Gasteiger partial charge in [-0.1, -0.05) is 105 Å². The summed E-state index contributed by atoms with van der Waals surface area (Å²) in [5.74, 6) is -0.358. The molecule has 0 radical (unpaired) electrons. The summed E-state index contributed by atoms with van der Waals surface area (Å²) in [6, 6.07) is 4.49. The van der Waals surface area contributed by atoms with Crippen LogP contribution in [0.5, 0.6) is 0 Å². The van der Waals surface area contributed by atoms with E-state index in [0.717, 1.165) is 92.4 Å². The maximum atomic E-state index is 13.2. The summed E-state index contributed by atoms with van der Waals surface area (Å²) in [4.78, 5) is 28.0. The Morgan fingerprint density at radius 1 is 0.524 bits per heavy atom. The van der Waals surface area contributed by atoms with Crippen LogP contribution in [0.25, 0.3) is 20.2 Å². The number of carbonyl (C=O) groups excluding carboxylic acids is 2. The molecule has 0 unspecified atom stereocenters. The van der Waals surface area contributed by atoms with Gasteiger partial charge in [-0.05, 0) is 72.6 Å². The number of benzene rings is 1. The molecule has 0 aliphatic rings. The average molecular weight is 615 g/mol. The molecular formula is C36H54O4S2. The second-order valence-electron chi connectivity index (χ2n) is 11.7. The first-order valence-corrected chi connectivity index (χ1v) is 18.5. The smallest absolute Gasteiger partial charge is 0.348 e. The highest BCUT2D eigenvalue weighted by molar-refractivity contribution is 7.22. The fourth-order valence-electron chi connectivity index (χ4n) is 5.53. The molecule has 6 heteroatoms. The summed E-state index contributed by atoms with van der Waals surface area (Å²) in [5.41, 5.74) is 2.26. The Kier molecular flexibility index (Phi) is 15.9. The highest BCUT2D eigenvalue weighted by Crippen LogP contribution is 2.41. The quantitative estimate of drug-likeness (QED) is 0.0834. The van der Waals surface area contributed by atoms with Gasteiger partial charge < -0.3 is 9.47 Å². The summed E-state index contributed by atoms with van der Waals surface area (Å²) < 4.78 is 13.7. The van der Waals surface area contributed by atoms with Gasteiger partial charge in [-0.3, -0.25) is 0 Å². The van der Waals surface area contributed by atoms with E-state index in [1.54, 1.807) is 22.7 Å². The number of ether oxygens (including phenoxy) is 2. The summed E-state index contributed by atoms with van der Waals surface area (Å²) in [7, 11) is 0. The average Bonchev–Trinajstić information content (AvgIpc) is 3.53. The molecule has 0 saturated heterocycles. The van der Waals surface area contributed by atoms with E-state index >= 15 is 0 Å². The lowest BCUT2D eigenvalue weighted by molar-refractivity contribution is 0.0495. The van der Waals surface area contributed by atoms with Crippen LogP contribution in [-0.4, -0.2) is 25.2 Å².